The maximum Gasteiger partial charge on any atom is 0.262 e. The summed E-state index contributed by atoms with van der Waals surface area (Å²) in [5, 5.41) is 9.79. The molecule has 0 spiro atoms. The number of benzene rings is 2. The molecule has 0 radical (unpaired) electrons. The van der Waals surface area contributed by atoms with E-state index in [2.05, 4.69) is 20.7 Å². The van der Waals surface area contributed by atoms with E-state index in [-0.39, 0.29) is 30.9 Å². The monoisotopic (exact) mass is 435 g/mol. The summed E-state index contributed by atoms with van der Waals surface area (Å²) < 4.78 is 13.2. The quantitative estimate of drug-likeness (QED) is 0.590. The van der Waals surface area contributed by atoms with E-state index in [9.17, 15) is 9.59 Å². The number of nitrogens with zero attached hydrogens (tertiary/aromatic N) is 3. The van der Waals surface area contributed by atoms with Crippen LogP contribution < -0.4 is 20.1 Å². The molecule has 9 heteroatoms. The van der Waals surface area contributed by atoms with E-state index in [4.69, 9.17) is 9.47 Å². The Hall–Kier alpha value is -3.88. The molecule has 2 heterocycles. The molecule has 1 aliphatic rings. The number of fused-ring (bicyclic) bond motifs is 1. The van der Waals surface area contributed by atoms with Gasteiger partial charge in [0.15, 0.2) is 18.1 Å². The van der Waals surface area contributed by atoms with Crippen LogP contribution in [0.15, 0.2) is 42.7 Å². The first-order valence-corrected chi connectivity index (χ1v) is 10.4. The number of carbonyl (C=O) groups is 2. The number of carbonyl (C=O) groups excluding carboxylic acids is 2. The van der Waals surface area contributed by atoms with E-state index in [0.29, 0.717) is 24.1 Å². The molecular formula is C23H25N5O4. The van der Waals surface area contributed by atoms with Crippen LogP contribution in [0.4, 0.5) is 11.6 Å². The standard InChI is InChI=1S/C23H25N5O4/c1-4-31-20-10-16(18-11-21(29)27-23-24-13-25-28(18)23)6-8-19(20)32-12-22(30)26-17-7-5-14(2)9-15(17)3/h5-10,13,18H,4,11-12H2,1-3H3,(H,26,30)(H,24,25,27,29)/t18-/m1/s1. The van der Waals surface area contributed by atoms with Gasteiger partial charge in [0.25, 0.3) is 5.91 Å². The molecule has 9 nitrogen and oxygen atoms in total. The van der Waals surface area contributed by atoms with E-state index in [1.54, 1.807) is 10.7 Å². The Balaban J connectivity index is 1.49. The first-order valence-electron chi connectivity index (χ1n) is 10.4. The van der Waals surface area contributed by atoms with Crippen LogP contribution in [0.1, 0.15) is 36.1 Å². The van der Waals surface area contributed by atoms with Crippen molar-refractivity contribution in [2.75, 3.05) is 23.8 Å². The first-order chi connectivity index (χ1) is 15.4. The van der Waals surface area contributed by atoms with Crippen LogP contribution in [0.3, 0.4) is 0 Å². The molecule has 2 aromatic carbocycles. The van der Waals surface area contributed by atoms with Gasteiger partial charge < -0.3 is 14.8 Å². The maximum atomic E-state index is 12.4. The molecule has 0 bridgehead atoms. The first kappa shape index (κ1) is 21.4. The van der Waals surface area contributed by atoms with Crippen LogP contribution in [0, 0.1) is 13.8 Å². The third-order valence-corrected chi connectivity index (χ3v) is 5.17. The molecule has 1 atom stereocenters. The normalized spacial score (nSPS) is 15.0. The number of anilines is 2. The molecule has 0 aliphatic carbocycles. The summed E-state index contributed by atoms with van der Waals surface area (Å²) in [6.45, 7) is 6.08. The van der Waals surface area contributed by atoms with Crippen molar-refractivity contribution >= 4 is 23.5 Å². The van der Waals surface area contributed by atoms with Crippen molar-refractivity contribution in [3.8, 4) is 11.5 Å². The molecule has 3 aromatic rings. The maximum absolute atomic E-state index is 12.4. The van der Waals surface area contributed by atoms with E-state index in [0.717, 1.165) is 22.4 Å². The van der Waals surface area contributed by atoms with Gasteiger partial charge in [0, 0.05) is 5.69 Å². The van der Waals surface area contributed by atoms with Crippen molar-refractivity contribution in [3.05, 3.63) is 59.4 Å². The zero-order valence-electron chi connectivity index (χ0n) is 18.2. The zero-order chi connectivity index (χ0) is 22.7. The second kappa shape index (κ2) is 9.09. The summed E-state index contributed by atoms with van der Waals surface area (Å²) in [5.41, 5.74) is 3.71. The van der Waals surface area contributed by atoms with Crippen LogP contribution in [0.2, 0.25) is 0 Å². The summed E-state index contributed by atoms with van der Waals surface area (Å²) in [6.07, 6.45) is 1.64. The van der Waals surface area contributed by atoms with E-state index in [1.807, 2.05) is 51.1 Å². The van der Waals surface area contributed by atoms with Crippen LogP contribution in [0.25, 0.3) is 0 Å². The molecule has 0 saturated heterocycles. The molecule has 4 rings (SSSR count). The number of ether oxygens (including phenoxy) is 2. The zero-order valence-corrected chi connectivity index (χ0v) is 18.2. The third kappa shape index (κ3) is 4.56. The lowest BCUT2D eigenvalue weighted by Gasteiger charge is -2.24. The van der Waals surface area contributed by atoms with Crippen molar-refractivity contribution in [1.82, 2.24) is 14.8 Å². The molecule has 0 unspecified atom stereocenters. The van der Waals surface area contributed by atoms with Gasteiger partial charge in [0.05, 0.1) is 19.1 Å². The van der Waals surface area contributed by atoms with Crippen molar-refractivity contribution in [2.24, 2.45) is 0 Å². The second-order valence-corrected chi connectivity index (χ2v) is 7.59. The molecule has 0 fully saturated rings. The van der Waals surface area contributed by atoms with Gasteiger partial charge >= 0.3 is 0 Å². The van der Waals surface area contributed by atoms with E-state index in [1.165, 1.54) is 6.33 Å². The van der Waals surface area contributed by atoms with Gasteiger partial charge in [-0.2, -0.15) is 10.1 Å². The van der Waals surface area contributed by atoms with Crippen molar-refractivity contribution in [3.63, 3.8) is 0 Å². The number of hydrogen-bond acceptors (Lipinski definition) is 6. The Morgan fingerprint density at radius 1 is 1.19 bits per heavy atom. The van der Waals surface area contributed by atoms with Gasteiger partial charge in [-0.25, -0.2) is 4.68 Å². The Bertz CT molecular complexity index is 1160. The molecular weight excluding hydrogens is 410 g/mol. The van der Waals surface area contributed by atoms with Gasteiger partial charge in [0.1, 0.15) is 6.33 Å². The summed E-state index contributed by atoms with van der Waals surface area (Å²) >= 11 is 0. The average molecular weight is 435 g/mol. The molecule has 2 N–H and O–H groups in total. The van der Waals surface area contributed by atoms with Gasteiger partial charge in [-0.15, -0.1) is 0 Å². The number of amides is 2. The largest absolute Gasteiger partial charge is 0.490 e. The van der Waals surface area contributed by atoms with E-state index >= 15 is 0 Å². The van der Waals surface area contributed by atoms with Crippen LogP contribution in [-0.4, -0.2) is 39.8 Å². The van der Waals surface area contributed by atoms with Crippen LogP contribution >= 0.6 is 0 Å². The highest BCUT2D eigenvalue weighted by Crippen LogP contribution is 2.35. The minimum Gasteiger partial charge on any atom is -0.490 e. The van der Waals surface area contributed by atoms with Crippen LogP contribution in [0.5, 0.6) is 11.5 Å². The lowest BCUT2D eigenvalue weighted by Crippen LogP contribution is -2.29. The number of aryl methyl sites for hydroxylation is 2. The molecule has 2 amide bonds. The summed E-state index contributed by atoms with van der Waals surface area (Å²) in [5.74, 6) is 0.964. The predicted molar refractivity (Wildman–Crippen MR) is 119 cm³/mol. The topological polar surface area (TPSA) is 107 Å². The summed E-state index contributed by atoms with van der Waals surface area (Å²) in [7, 11) is 0. The number of aromatic nitrogens is 3. The molecule has 32 heavy (non-hydrogen) atoms. The van der Waals surface area contributed by atoms with Gasteiger partial charge in [0.2, 0.25) is 11.9 Å². The molecule has 0 saturated carbocycles. The summed E-state index contributed by atoms with van der Waals surface area (Å²) in [4.78, 5) is 28.5. The lowest BCUT2D eigenvalue weighted by atomic mass is 10.0. The second-order valence-electron chi connectivity index (χ2n) is 7.59. The highest BCUT2D eigenvalue weighted by Gasteiger charge is 2.28. The number of nitrogens with one attached hydrogen (secondary N) is 2. The Morgan fingerprint density at radius 2 is 2.03 bits per heavy atom. The lowest BCUT2D eigenvalue weighted by molar-refractivity contribution is -0.118. The SMILES string of the molecule is CCOc1cc([C@H]2CC(=O)Nc3ncnn32)ccc1OCC(=O)Nc1ccc(C)cc1C. The fraction of sp³-hybridized carbons (Fsp3) is 0.304. The minimum atomic E-state index is -0.303. The highest BCUT2D eigenvalue weighted by molar-refractivity contribution is 5.92. The molecule has 166 valence electrons. The van der Waals surface area contributed by atoms with Gasteiger partial charge in [-0.1, -0.05) is 23.8 Å². The van der Waals surface area contributed by atoms with Gasteiger partial charge in [-0.05, 0) is 50.1 Å². The molecule has 1 aromatic heterocycles. The number of rotatable bonds is 7. The van der Waals surface area contributed by atoms with Crippen molar-refractivity contribution in [2.45, 2.75) is 33.2 Å². The minimum absolute atomic E-state index is 0.128. The number of hydrogen-bond donors (Lipinski definition) is 2. The van der Waals surface area contributed by atoms with Crippen LogP contribution in [-0.2, 0) is 9.59 Å². The highest BCUT2D eigenvalue weighted by atomic mass is 16.5. The molecule has 1 aliphatic heterocycles. The smallest absolute Gasteiger partial charge is 0.262 e. The predicted octanol–water partition coefficient (Wildman–Crippen LogP) is 3.24. The Labute approximate surface area is 185 Å². The van der Waals surface area contributed by atoms with Crippen molar-refractivity contribution in [1.29, 1.82) is 0 Å². The average Bonchev–Trinajstić information content (AvgIpc) is 3.23. The third-order valence-electron chi connectivity index (χ3n) is 5.17. The fourth-order valence-corrected chi connectivity index (χ4v) is 3.67. The Morgan fingerprint density at radius 3 is 2.81 bits per heavy atom. The summed E-state index contributed by atoms with van der Waals surface area (Å²) in [6, 6.07) is 10.9. The van der Waals surface area contributed by atoms with Crippen molar-refractivity contribution < 1.29 is 19.1 Å². The van der Waals surface area contributed by atoms with E-state index < -0.39 is 0 Å². The Kier molecular flexibility index (Phi) is 6.07. The van der Waals surface area contributed by atoms with Gasteiger partial charge in [-0.3, -0.25) is 14.9 Å². The fourth-order valence-electron chi connectivity index (χ4n) is 3.67.